The molecule has 2 aliphatic rings. The topological polar surface area (TPSA) is 66.5 Å². The lowest BCUT2D eigenvalue weighted by molar-refractivity contribution is -0.132. The molecule has 1 atom stereocenters. The van der Waals surface area contributed by atoms with Crippen molar-refractivity contribution < 1.29 is 13.2 Å². The number of amides is 1. The number of aryl methyl sites for hydroxylation is 1. The molecule has 1 aromatic rings. The van der Waals surface area contributed by atoms with Gasteiger partial charge in [0.25, 0.3) is 0 Å². The van der Waals surface area contributed by atoms with Crippen LogP contribution in [0.3, 0.4) is 0 Å². The average Bonchev–Trinajstić information content (AvgIpc) is 2.90. The molecule has 0 saturated carbocycles. The Hall–Kier alpha value is -1.40. The summed E-state index contributed by atoms with van der Waals surface area (Å²) in [6.07, 6.45) is 5.26. The van der Waals surface area contributed by atoms with Crippen molar-refractivity contribution in [2.45, 2.75) is 44.1 Å². The summed E-state index contributed by atoms with van der Waals surface area (Å²) in [6, 6.07) is 8.36. The van der Waals surface area contributed by atoms with Gasteiger partial charge in [-0.2, -0.15) is 0 Å². The zero-order valence-electron chi connectivity index (χ0n) is 13.5. The number of nitrogens with one attached hydrogen (secondary N) is 1. The molecule has 1 aliphatic heterocycles. The normalized spacial score (nSPS) is 22.1. The summed E-state index contributed by atoms with van der Waals surface area (Å²) in [7, 11) is -3.17. The molecule has 23 heavy (non-hydrogen) atoms. The third-order valence-corrected chi connectivity index (χ3v) is 5.67. The van der Waals surface area contributed by atoms with Crippen LogP contribution in [-0.2, 0) is 21.2 Å². The molecule has 0 spiro atoms. The summed E-state index contributed by atoms with van der Waals surface area (Å²) >= 11 is 0. The summed E-state index contributed by atoms with van der Waals surface area (Å²) in [6.45, 7) is 1.28. The van der Waals surface area contributed by atoms with E-state index in [1.807, 2.05) is 11.0 Å². The number of carbonyl (C=O) groups excluding carboxylic acids is 1. The smallest absolute Gasteiger partial charge is 0.223 e. The van der Waals surface area contributed by atoms with E-state index >= 15 is 0 Å². The van der Waals surface area contributed by atoms with E-state index in [0.29, 0.717) is 38.3 Å². The Kier molecular flexibility index (Phi) is 4.73. The summed E-state index contributed by atoms with van der Waals surface area (Å²) in [5.74, 6) is 0.537. The molecule has 0 bridgehead atoms. The first-order chi connectivity index (χ1) is 10.9. The lowest BCUT2D eigenvalue weighted by Crippen LogP contribution is -2.46. The van der Waals surface area contributed by atoms with Crippen LogP contribution in [0.15, 0.2) is 24.3 Å². The van der Waals surface area contributed by atoms with E-state index in [0.717, 1.165) is 12.8 Å². The molecule has 126 valence electrons. The molecule has 6 heteroatoms. The van der Waals surface area contributed by atoms with Crippen LogP contribution in [0.5, 0.6) is 0 Å². The van der Waals surface area contributed by atoms with E-state index in [-0.39, 0.29) is 11.9 Å². The van der Waals surface area contributed by atoms with Crippen molar-refractivity contribution in [1.29, 1.82) is 0 Å². The van der Waals surface area contributed by atoms with Gasteiger partial charge in [0.1, 0.15) is 0 Å². The number of likely N-dealkylation sites (tertiary alicyclic amines) is 1. The van der Waals surface area contributed by atoms with Crippen molar-refractivity contribution in [1.82, 2.24) is 9.62 Å². The minimum Gasteiger partial charge on any atom is -0.343 e. The van der Waals surface area contributed by atoms with Crippen LogP contribution in [-0.4, -0.2) is 44.6 Å². The van der Waals surface area contributed by atoms with Gasteiger partial charge in [0, 0.05) is 25.6 Å². The first-order valence-corrected chi connectivity index (χ1v) is 10.1. The van der Waals surface area contributed by atoms with Crippen LogP contribution in [0.2, 0.25) is 0 Å². The summed E-state index contributed by atoms with van der Waals surface area (Å²) in [4.78, 5) is 14.4. The van der Waals surface area contributed by atoms with Gasteiger partial charge >= 0.3 is 0 Å². The fourth-order valence-electron chi connectivity index (χ4n) is 3.75. The van der Waals surface area contributed by atoms with E-state index in [9.17, 15) is 13.2 Å². The molecule has 1 aromatic carbocycles. The largest absolute Gasteiger partial charge is 0.343 e. The van der Waals surface area contributed by atoms with E-state index in [1.54, 1.807) is 0 Å². The highest BCUT2D eigenvalue weighted by atomic mass is 32.2. The van der Waals surface area contributed by atoms with Gasteiger partial charge in [0.15, 0.2) is 0 Å². The van der Waals surface area contributed by atoms with Crippen molar-refractivity contribution in [3.05, 3.63) is 35.4 Å². The SMILES string of the molecule is CS(=O)(=O)NC1CCN(C(=O)C[C@H]2CCc3ccccc32)CC1. The lowest BCUT2D eigenvalue weighted by atomic mass is 9.96. The highest BCUT2D eigenvalue weighted by molar-refractivity contribution is 7.88. The average molecular weight is 336 g/mol. The quantitative estimate of drug-likeness (QED) is 0.909. The fourth-order valence-corrected chi connectivity index (χ4v) is 4.59. The van der Waals surface area contributed by atoms with Gasteiger partial charge in [-0.1, -0.05) is 24.3 Å². The van der Waals surface area contributed by atoms with Gasteiger partial charge in [-0.3, -0.25) is 4.79 Å². The molecule has 5 nitrogen and oxygen atoms in total. The van der Waals surface area contributed by atoms with Crippen LogP contribution in [0.25, 0.3) is 0 Å². The van der Waals surface area contributed by atoms with Crippen molar-refractivity contribution in [2.75, 3.05) is 19.3 Å². The molecular weight excluding hydrogens is 312 g/mol. The molecule has 0 radical (unpaired) electrons. The van der Waals surface area contributed by atoms with E-state index in [2.05, 4.69) is 22.9 Å². The van der Waals surface area contributed by atoms with Gasteiger partial charge < -0.3 is 4.90 Å². The number of sulfonamides is 1. The number of nitrogens with zero attached hydrogens (tertiary/aromatic N) is 1. The molecular formula is C17H24N2O3S. The second-order valence-corrected chi connectivity index (χ2v) is 8.46. The Balaban J connectivity index is 1.53. The highest BCUT2D eigenvalue weighted by Crippen LogP contribution is 2.35. The number of piperidine rings is 1. The van der Waals surface area contributed by atoms with Gasteiger partial charge in [0.05, 0.1) is 6.26 Å². The van der Waals surface area contributed by atoms with Gasteiger partial charge in [-0.05, 0) is 42.7 Å². The van der Waals surface area contributed by atoms with Crippen molar-refractivity contribution in [3.63, 3.8) is 0 Å². The Morgan fingerprint density at radius 1 is 1.22 bits per heavy atom. The third-order valence-electron chi connectivity index (χ3n) is 4.91. The van der Waals surface area contributed by atoms with Gasteiger partial charge in [-0.25, -0.2) is 13.1 Å². The Labute approximate surface area is 138 Å². The first-order valence-electron chi connectivity index (χ1n) is 8.25. The summed E-state index contributed by atoms with van der Waals surface area (Å²) in [5, 5.41) is 0. The number of carbonyl (C=O) groups is 1. The predicted molar refractivity (Wildman–Crippen MR) is 89.7 cm³/mol. The molecule has 0 aromatic heterocycles. The number of hydrogen-bond donors (Lipinski definition) is 1. The molecule has 1 N–H and O–H groups in total. The van der Waals surface area contributed by atoms with E-state index < -0.39 is 10.0 Å². The number of rotatable bonds is 4. The van der Waals surface area contributed by atoms with Gasteiger partial charge in [0.2, 0.25) is 15.9 Å². The monoisotopic (exact) mass is 336 g/mol. The van der Waals surface area contributed by atoms with Crippen molar-refractivity contribution in [3.8, 4) is 0 Å². The molecule has 1 aliphatic carbocycles. The van der Waals surface area contributed by atoms with Crippen LogP contribution in [0, 0.1) is 0 Å². The number of benzene rings is 1. The maximum absolute atomic E-state index is 12.5. The number of hydrogen-bond acceptors (Lipinski definition) is 3. The molecule has 1 fully saturated rings. The zero-order valence-corrected chi connectivity index (χ0v) is 14.3. The van der Waals surface area contributed by atoms with Crippen LogP contribution >= 0.6 is 0 Å². The maximum atomic E-state index is 12.5. The molecule has 1 saturated heterocycles. The third kappa shape index (κ3) is 4.12. The van der Waals surface area contributed by atoms with E-state index in [1.165, 1.54) is 17.4 Å². The molecule has 3 rings (SSSR count). The number of fused-ring (bicyclic) bond motifs is 1. The fraction of sp³-hybridized carbons (Fsp3) is 0.588. The minimum atomic E-state index is -3.17. The molecule has 1 amide bonds. The lowest BCUT2D eigenvalue weighted by Gasteiger charge is -2.32. The van der Waals surface area contributed by atoms with Crippen LogP contribution < -0.4 is 4.72 Å². The first kappa shape index (κ1) is 16.5. The van der Waals surface area contributed by atoms with Crippen LogP contribution in [0.4, 0.5) is 0 Å². The van der Waals surface area contributed by atoms with Gasteiger partial charge in [-0.15, -0.1) is 0 Å². The Morgan fingerprint density at radius 2 is 1.91 bits per heavy atom. The van der Waals surface area contributed by atoms with Crippen molar-refractivity contribution >= 4 is 15.9 Å². The zero-order chi connectivity index (χ0) is 16.4. The summed E-state index contributed by atoms with van der Waals surface area (Å²) < 4.78 is 25.2. The minimum absolute atomic E-state index is 0.0405. The Morgan fingerprint density at radius 3 is 2.61 bits per heavy atom. The molecule has 1 heterocycles. The molecule has 0 unspecified atom stereocenters. The summed E-state index contributed by atoms with van der Waals surface area (Å²) in [5.41, 5.74) is 2.70. The second kappa shape index (κ2) is 6.61. The Bertz CT molecular complexity index is 679. The van der Waals surface area contributed by atoms with Crippen LogP contribution in [0.1, 0.15) is 42.7 Å². The maximum Gasteiger partial charge on any atom is 0.223 e. The van der Waals surface area contributed by atoms with Crippen molar-refractivity contribution in [2.24, 2.45) is 0 Å². The highest BCUT2D eigenvalue weighted by Gasteiger charge is 2.29. The standard InChI is InChI=1S/C17H24N2O3S/c1-23(21,22)18-15-8-10-19(11-9-15)17(20)12-14-7-6-13-4-2-3-5-16(13)14/h2-5,14-15,18H,6-12H2,1H3/t14-/m1/s1. The predicted octanol–water partition coefficient (Wildman–Crippen LogP) is 1.65. The van der Waals surface area contributed by atoms with E-state index in [4.69, 9.17) is 0 Å². The second-order valence-electron chi connectivity index (χ2n) is 6.68.